The van der Waals surface area contributed by atoms with E-state index in [-0.39, 0.29) is 5.92 Å². The quantitative estimate of drug-likeness (QED) is 0.419. The molecule has 0 amide bonds. The lowest BCUT2D eigenvalue weighted by atomic mass is 9.84. The third-order valence-electron chi connectivity index (χ3n) is 5.25. The molecule has 0 aromatic heterocycles. The molecule has 1 N–H and O–H groups in total. The highest BCUT2D eigenvalue weighted by Gasteiger charge is 2.20. The van der Waals surface area contributed by atoms with Crippen molar-refractivity contribution in [3.05, 3.63) is 47.6 Å². The van der Waals surface area contributed by atoms with Crippen LogP contribution in [0.5, 0.6) is 5.75 Å². The summed E-state index contributed by atoms with van der Waals surface area (Å²) < 4.78 is 5.86. The molecule has 1 aliphatic carbocycles. The fraction of sp³-hybridized carbons (Fsp3) is 0.542. The van der Waals surface area contributed by atoms with Crippen molar-refractivity contribution >= 4 is 11.5 Å². The van der Waals surface area contributed by atoms with Crippen molar-refractivity contribution in [2.75, 3.05) is 6.61 Å². The van der Waals surface area contributed by atoms with Crippen molar-refractivity contribution in [1.29, 1.82) is 0 Å². The Labute approximate surface area is 164 Å². The van der Waals surface area contributed by atoms with Gasteiger partial charge in [-0.1, -0.05) is 83.1 Å². The van der Waals surface area contributed by atoms with E-state index in [1.54, 1.807) is 6.08 Å². The number of benzene rings is 1. The van der Waals surface area contributed by atoms with Crippen LogP contribution >= 0.6 is 0 Å². The molecule has 0 fully saturated rings. The molecule has 0 spiro atoms. The maximum absolute atomic E-state index is 11.1. The van der Waals surface area contributed by atoms with Gasteiger partial charge < -0.3 is 9.84 Å². The highest BCUT2D eigenvalue weighted by Crippen LogP contribution is 2.33. The van der Waals surface area contributed by atoms with Gasteiger partial charge in [0.2, 0.25) is 0 Å². The second-order valence-corrected chi connectivity index (χ2v) is 7.57. The summed E-state index contributed by atoms with van der Waals surface area (Å²) in [6.07, 6.45) is 14.7. The first kappa shape index (κ1) is 21.3. The van der Waals surface area contributed by atoms with Crippen molar-refractivity contribution in [2.45, 2.75) is 71.6 Å². The van der Waals surface area contributed by atoms with E-state index in [0.29, 0.717) is 12.0 Å². The molecule has 0 bridgehead atoms. The molecule has 27 heavy (non-hydrogen) atoms. The summed E-state index contributed by atoms with van der Waals surface area (Å²) >= 11 is 0. The van der Waals surface area contributed by atoms with E-state index in [2.05, 4.69) is 26.0 Å². The Morgan fingerprint density at radius 3 is 2.22 bits per heavy atom. The molecule has 0 aliphatic heterocycles. The molecule has 0 unspecified atom stereocenters. The zero-order valence-electron chi connectivity index (χ0n) is 16.9. The molecule has 1 aromatic carbocycles. The Kier molecular flexibility index (Phi) is 9.17. The first-order valence-corrected chi connectivity index (χ1v) is 10.5. The minimum absolute atomic E-state index is 0.213. The Morgan fingerprint density at radius 1 is 1.00 bits per heavy atom. The summed E-state index contributed by atoms with van der Waals surface area (Å²) in [5.41, 5.74) is 2.81. The van der Waals surface area contributed by atoms with Crippen molar-refractivity contribution in [1.82, 2.24) is 0 Å². The molecule has 1 atom stereocenters. The second-order valence-electron chi connectivity index (χ2n) is 7.57. The standard InChI is InChI=1S/C24H34O3/c1-3-4-5-6-7-8-9-10-17-27-22-14-11-20(12-15-22)23-16-13-21(24(25)26)18-19(23)2/h11-16,19H,3-10,17-18H2,1-2H3,(H,25,26)/t19-/m0/s1. The molecular weight excluding hydrogens is 336 g/mol. The summed E-state index contributed by atoms with van der Waals surface area (Å²) in [7, 11) is 0. The van der Waals surface area contributed by atoms with Crippen LogP contribution in [0.2, 0.25) is 0 Å². The van der Waals surface area contributed by atoms with Crippen molar-refractivity contribution in [2.24, 2.45) is 5.92 Å². The minimum Gasteiger partial charge on any atom is -0.494 e. The molecule has 1 aromatic rings. The number of unbranched alkanes of at least 4 members (excludes halogenated alkanes) is 7. The number of hydrogen-bond donors (Lipinski definition) is 1. The Hall–Kier alpha value is -2.03. The molecule has 3 nitrogen and oxygen atoms in total. The van der Waals surface area contributed by atoms with Crippen LogP contribution in [0.15, 0.2) is 42.0 Å². The van der Waals surface area contributed by atoms with Gasteiger partial charge in [-0.25, -0.2) is 4.79 Å². The summed E-state index contributed by atoms with van der Waals surface area (Å²) in [6, 6.07) is 8.18. The molecule has 0 radical (unpaired) electrons. The van der Waals surface area contributed by atoms with Crippen LogP contribution in [-0.2, 0) is 4.79 Å². The van der Waals surface area contributed by atoms with Crippen LogP contribution < -0.4 is 4.74 Å². The number of rotatable bonds is 12. The molecule has 0 heterocycles. The smallest absolute Gasteiger partial charge is 0.331 e. The number of hydrogen-bond acceptors (Lipinski definition) is 2. The summed E-state index contributed by atoms with van der Waals surface area (Å²) in [6.45, 7) is 5.11. The highest BCUT2D eigenvalue weighted by molar-refractivity contribution is 5.89. The maximum Gasteiger partial charge on any atom is 0.331 e. The normalized spacial score (nSPS) is 16.6. The van der Waals surface area contributed by atoms with Gasteiger partial charge in [-0.15, -0.1) is 0 Å². The predicted octanol–water partition coefficient (Wildman–Crippen LogP) is 6.64. The number of carbonyl (C=O) groups is 1. The summed E-state index contributed by atoms with van der Waals surface area (Å²) in [5.74, 6) is 0.305. The molecule has 2 rings (SSSR count). The molecular formula is C24H34O3. The van der Waals surface area contributed by atoms with Gasteiger partial charge >= 0.3 is 5.97 Å². The SMILES string of the molecule is CCCCCCCCCCOc1ccc(C2=CC=C(C(=O)O)C[C@@H]2C)cc1. The first-order chi connectivity index (χ1) is 13.1. The monoisotopic (exact) mass is 370 g/mol. The van der Waals surface area contributed by atoms with Crippen molar-refractivity contribution in [3.8, 4) is 5.75 Å². The van der Waals surface area contributed by atoms with Gasteiger partial charge in [0.25, 0.3) is 0 Å². The fourth-order valence-corrected chi connectivity index (χ4v) is 3.57. The van der Waals surface area contributed by atoms with E-state index < -0.39 is 5.97 Å². The van der Waals surface area contributed by atoms with Crippen LogP contribution in [0.4, 0.5) is 0 Å². The minimum atomic E-state index is -0.818. The number of carboxylic acids is 1. The molecule has 148 valence electrons. The van der Waals surface area contributed by atoms with Gasteiger partial charge in [0.15, 0.2) is 0 Å². The Balaban J connectivity index is 1.72. The third-order valence-corrected chi connectivity index (χ3v) is 5.25. The predicted molar refractivity (Wildman–Crippen MR) is 112 cm³/mol. The zero-order chi connectivity index (χ0) is 19.5. The van der Waals surface area contributed by atoms with Gasteiger partial charge in [0.1, 0.15) is 5.75 Å². The van der Waals surface area contributed by atoms with Crippen LogP contribution in [0.1, 0.15) is 77.2 Å². The van der Waals surface area contributed by atoms with Crippen LogP contribution in [-0.4, -0.2) is 17.7 Å². The third kappa shape index (κ3) is 7.24. The van der Waals surface area contributed by atoms with Crippen LogP contribution in [0, 0.1) is 5.92 Å². The number of allylic oxidation sites excluding steroid dienone is 3. The number of aliphatic carboxylic acids is 1. The van der Waals surface area contributed by atoms with E-state index >= 15 is 0 Å². The highest BCUT2D eigenvalue weighted by atomic mass is 16.5. The van der Waals surface area contributed by atoms with E-state index in [0.717, 1.165) is 24.3 Å². The van der Waals surface area contributed by atoms with Gasteiger partial charge in [0.05, 0.1) is 6.61 Å². The van der Waals surface area contributed by atoms with E-state index in [4.69, 9.17) is 9.84 Å². The average molecular weight is 371 g/mol. The largest absolute Gasteiger partial charge is 0.494 e. The molecule has 0 saturated carbocycles. The topological polar surface area (TPSA) is 46.5 Å². The average Bonchev–Trinajstić information content (AvgIpc) is 2.67. The summed E-state index contributed by atoms with van der Waals surface area (Å²) in [4.78, 5) is 11.1. The van der Waals surface area contributed by atoms with Gasteiger partial charge in [-0.3, -0.25) is 0 Å². The van der Waals surface area contributed by atoms with Crippen molar-refractivity contribution < 1.29 is 14.6 Å². The maximum atomic E-state index is 11.1. The van der Waals surface area contributed by atoms with Gasteiger partial charge in [-0.05, 0) is 42.0 Å². The van der Waals surface area contributed by atoms with Gasteiger partial charge in [-0.2, -0.15) is 0 Å². The second kappa shape index (κ2) is 11.6. The lowest BCUT2D eigenvalue weighted by Crippen LogP contribution is -2.10. The van der Waals surface area contributed by atoms with Crippen LogP contribution in [0.3, 0.4) is 0 Å². The number of carboxylic acid groups (broad SMARTS) is 1. The lowest BCUT2D eigenvalue weighted by Gasteiger charge is -2.20. The lowest BCUT2D eigenvalue weighted by molar-refractivity contribution is -0.132. The Morgan fingerprint density at radius 2 is 1.63 bits per heavy atom. The Bertz CT molecular complexity index is 640. The van der Waals surface area contributed by atoms with E-state index in [1.807, 2.05) is 18.2 Å². The molecule has 0 saturated heterocycles. The van der Waals surface area contributed by atoms with Crippen molar-refractivity contribution in [3.63, 3.8) is 0 Å². The zero-order valence-corrected chi connectivity index (χ0v) is 16.9. The van der Waals surface area contributed by atoms with Crippen LogP contribution in [0.25, 0.3) is 5.57 Å². The fourth-order valence-electron chi connectivity index (χ4n) is 3.57. The first-order valence-electron chi connectivity index (χ1n) is 10.5. The number of ether oxygens (including phenoxy) is 1. The summed E-state index contributed by atoms with van der Waals surface area (Å²) in [5, 5.41) is 9.12. The van der Waals surface area contributed by atoms with E-state index in [1.165, 1.54) is 50.5 Å². The van der Waals surface area contributed by atoms with E-state index in [9.17, 15) is 4.79 Å². The van der Waals surface area contributed by atoms with Gasteiger partial charge in [0, 0.05) is 5.57 Å². The molecule has 3 heteroatoms. The molecule has 1 aliphatic rings.